The second kappa shape index (κ2) is 26.5. The van der Waals surface area contributed by atoms with Crippen molar-refractivity contribution in [3.63, 3.8) is 0 Å². The molecule has 0 saturated carbocycles. The second-order valence-electron chi connectivity index (χ2n) is 21.3. The van der Waals surface area contributed by atoms with Crippen LogP contribution in [0.4, 0.5) is 28.4 Å². The summed E-state index contributed by atoms with van der Waals surface area (Å²) in [6.07, 6.45) is 10.4. The highest BCUT2D eigenvalue weighted by atomic mass is 32.2. The number of rotatable bonds is 22. The molecule has 0 spiro atoms. The maximum Gasteiger partial charge on any atom is 0.251 e. The number of benzene rings is 8. The lowest BCUT2D eigenvalue weighted by atomic mass is 10.0. The first-order chi connectivity index (χ1) is 39.4. The van der Waals surface area contributed by atoms with Gasteiger partial charge in [-0.15, -0.1) is 11.3 Å². The van der Waals surface area contributed by atoms with Gasteiger partial charge in [0.2, 0.25) is 11.0 Å². The Kier molecular flexibility index (Phi) is 18.4. The number of carbonyl (C=O) groups is 2. The van der Waals surface area contributed by atoms with Gasteiger partial charge in [-0.1, -0.05) is 98.1 Å². The summed E-state index contributed by atoms with van der Waals surface area (Å²) in [5.74, 6) is -0.126. The molecule has 1 aliphatic carbocycles. The Balaban J connectivity index is 0.597. The first-order valence-corrected chi connectivity index (χ1v) is 30.1. The number of nitrogens with one attached hydrogen (secondary N) is 4. The predicted octanol–water partition coefficient (Wildman–Crippen LogP) is 14.1. The van der Waals surface area contributed by atoms with Gasteiger partial charge in [0.15, 0.2) is 0 Å². The van der Waals surface area contributed by atoms with Gasteiger partial charge in [0.1, 0.15) is 7.05 Å². The van der Waals surface area contributed by atoms with Gasteiger partial charge < -0.3 is 26.2 Å². The Morgan fingerprint density at radius 1 is 0.568 bits per heavy atom. The molecule has 4 N–H and O–H groups in total. The zero-order valence-corrected chi connectivity index (χ0v) is 49.1. The first kappa shape index (κ1) is 56.2. The van der Waals surface area contributed by atoms with E-state index in [9.17, 15) is 9.59 Å². The number of aromatic nitrogens is 1. The Bertz CT molecular complexity index is 3860. The fourth-order valence-corrected chi connectivity index (χ4v) is 12.4. The molecule has 0 bridgehead atoms. The number of amides is 2. The number of hydrogen-bond donors (Lipinski definition) is 4. The Morgan fingerprint density at radius 3 is 1.75 bits per heavy atom. The molecule has 7 aromatic carbocycles. The molecule has 2 aliphatic heterocycles. The van der Waals surface area contributed by atoms with Gasteiger partial charge in [-0.2, -0.15) is 4.58 Å². The molecule has 10 rings (SSSR count). The summed E-state index contributed by atoms with van der Waals surface area (Å²) in [5.41, 5.74) is 15.7. The topological polar surface area (TPSA) is 114 Å². The molecule has 0 saturated heterocycles. The highest BCUT2D eigenvalue weighted by Gasteiger charge is 2.18. The van der Waals surface area contributed by atoms with Gasteiger partial charge >= 0.3 is 0 Å². The van der Waals surface area contributed by atoms with Crippen molar-refractivity contribution in [1.82, 2.24) is 20.2 Å². The average molecular weight is 1110 g/mol. The molecule has 7 aromatic rings. The summed E-state index contributed by atoms with van der Waals surface area (Å²) in [4.78, 5) is 41.8. The van der Waals surface area contributed by atoms with Crippen LogP contribution in [0.5, 0.6) is 0 Å². The number of carbonyl (C=O) groups excluding carboxylic acids is 2. The van der Waals surface area contributed by atoms with Crippen molar-refractivity contribution in [3.05, 3.63) is 207 Å². The van der Waals surface area contributed by atoms with E-state index in [2.05, 4.69) is 176 Å². The average Bonchev–Trinajstić information content (AvgIpc) is 3.50. The van der Waals surface area contributed by atoms with Gasteiger partial charge in [-0.3, -0.25) is 9.59 Å². The number of fused-ring (bicyclic) bond motifs is 4. The van der Waals surface area contributed by atoms with E-state index in [1.54, 1.807) is 23.1 Å². The lowest BCUT2D eigenvalue weighted by molar-refractivity contribution is 0.0944. The highest BCUT2D eigenvalue weighted by molar-refractivity contribution is 7.99. The largest absolute Gasteiger partial charge is 0.385 e. The third-order valence-electron chi connectivity index (χ3n) is 15.2. The van der Waals surface area contributed by atoms with Crippen LogP contribution in [0.2, 0.25) is 0 Å². The minimum Gasteiger partial charge on any atom is -0.385 e. The first-order valence-electron chi connectivity index (χ1n) is 28.5. The SMILES string of the molecule is Cc1cc2c(cc1NCCCCCCNC(=O)c1ccc(-c3ccc(C(=O)NCCCCCCNc4cc5sc6cc(=[N+](C)c7ccccc7)c(C)cc-6nc5cc4C)cc3)cc1)Sc1cc(=CN(C)c3ccccc3)c(C)cc1=N2. The number of unbranched alkanes of at least 4 members (excludes halogenated alkanes) is 6. The summed E-state index contributed by atoms with van der Waals surface area (Å²) in [6, 6.07) is 54.0. The Labute approximate surface area is 485 Å². The number of nitrogens with zero attached hydrogens (tertiary/aromatic N) is 4. The van der Waals surface area contributed by atoms with Crippen LogP contribution in [0.3, 0.4) is 0 Å². The zero-order chi connectivity index (χ0) is 56.2. The summed E-state index contributed by atoms with van der Waals surface area (Å²) in [5, 5.41) is 16.9. The van der Waals surface area contributed by atoms with Crippen molar-refractivity contribution in [2.75, 3.05) is 55.8 Å². The summed E-state index contributed by atoms with van der Waals surface area (Å²) in [6.45, 7) is 11.7. The molecule has 0 fully saturated rings. The number of aryl methyl sites for hydroxylation is 4. The van der Waals surface area contributed by atoms with E-state index in [1.165, 1.54) is 52.2 Å². The van der Waals surface area contributed by atoms with Crippen LogP contribution in [0.1, 0.15) is 94.3 Å². The zero-order valence-electron chi connectivity index (χ0n) is 47.5. The third kappa shape index (κ3) is 14.1. The minimum atomic E-state index is -0.0631. The van der Waals surface area contributed by atoms with Crippen molar-refractivity contribution in [2.45, 2.75) is 88.9 Å². The maximum absolute atomic E-state index is 13.0. The van der Waals surface area contributed by atoms with Crippen molar-refractivity contribution < 1.29 is 9.59 Å². The van der Waals surface area contributed by atoms with Gasteiger partial charge in [0, 0.05) is 101 Å². The fraction of sp³-hybridized carbons (Fsp3) is 0.261. The van der Waals surface area contributed by atoms with Crippen LogP contribution >= 0.6 is 23.1 Å². The van der Waals surface area contributed by atoms with E-state index in [0.717, 1.165) is 121 Å². The standard InChI is InChI=1S/C69H72N8O2S2/c1-46-37-59-64(41-54(46)45-76(5)55-21-13-11-14-22-55)80-65-42-57(47(2)38-60(65)74-59)70-33-17-7-9-19-35-72-68(78)52-29-25-50(26-30-52)51-27-31-53(32-28-51)69(79)73-36-20-10-8-18-34-71-58-43-66-61(39-48(58)3)75-62-40-49(4)63(44-67(62)81-66)77(6)56-23-15-12-16-24-56/h11-16,21-32,37-45,70H,7-10,17-20,33-36H2,1-6H3,(H2,72,73,78,79)/p+1. The van der Waals surface area contributed by atoms with E-state index in [4.69, 9.17) is 9.98 Å². The normalized spacial score (nSPS) is 12.3. The molecule has 0 aromatic heterocycles. The molecule has 0 unspecified atom stereocenters. The van der Waals surface area contributed by atoms with Gasteiger partial charge in [-0.05, 0) is 165 Å². The van der Waals surface area contributed by atoms with Crippen LogP contribution in [-0.2, 0) is 0 Å². The number of anilines is 3. The molecule has 2 heterocycles. The monoisotopic (exact) mass is 1110 g/mol. The van der Waals surface area contributed by atoms with Crippen LogP contribution in [-0.4, -0.2) is 57.1 Å². The van der Waals surface area contributed by atoms with Gasteiger partial charge in [0.05, 0.1) is 31.8 Å². The van der Waals surface area contributed by atoms with Crippen LogP contribution in [0.25, 0.3) is 38.1 Å². The molecule has 81 heavy (non-hydrogen) atoms. The Morgan fingerprint density at radius 2 is 1.14 bits per heavy atom. The van der Waals surface area contributed by atoms with Crippen molar-refractivity contribution in [2.24, 2.45) is 4.99 Å². The van der Waals surface area contributed by atoms with Crippen molar-refractivity contribution in [3.8, 4) is 21.7 Å². The molecule has 412 valence electrons. The fourth-order valence-electron chi connectivity index (χ4n) is 10.4. The number of hydrogen-bond acceptors (Lipinski definition) is 9. The molecular weight excluding hydrogens is 1040 g/mol. The van der Waals surface area contributed by atoms with Crippen LogP contribution in [0, 0.1) is 27.7 Å². The third-order valence-corrected chi connectivity index (χ3v) is 17.4. The molecule has 10 nitrogen and oxygen atoms in total. The quantitative estimate of drug-likeness (QED) is 0.0304. The molecule has 3 aliphatic rings. The summed E-state index contributed by atoms with van der Waals surface area (Å²) in [7, 11) is 4.21. The van der Waals surface area contributed by atoms with Gasteiger partial charge in [0.25, 0.3) is 11.8 Å². The lowest BCUT2D eigenvalue weighted by Crippen LogP contribution is -2.24. The smallest absolute Gasteiger partial charge is 0.251 e. The summed E-state index contributed by atoms with van der Waals surface area (Å²) < 4.78 is 3.41. The predicted molar refractivity (Wildman–Crippen MR) is 340 cm³/mol. The van der Waals surface area contributed by atoms with E-state index in [1.807, 2.05) is 60.7 Å². The van der Waals surface area contributed by atoms with E-state index < -0.39 is 0 Å². The van der Waals surface area contributed by atoms with E-state index >= 15 is 0 Å². The lowest BCUT2D eigenvalue weighted by Gasteiger charge is -2.18. The van der Waals surface area contributed by atoms with E-state index in [0.29, 0.717) is 24.2 Å². The summed E-state index contributed by atoms with van der Waals surface area (Å²) >= 11 is 3.58. The molecular formula is C69H73N8O2S2+. The highest BCUT2D eigenvalue weighted by Crippen LogP contribution is 2.40. The van der Waals surface area contributed by atoms with Crippen LogP contribution in [0.15, 0.2) is 173 Å². The molecule has 0 atom stereocenters. The molecule has 0 radical (unpaired) electrons. The van der Waals surface area contributed by atoms with E-state index in [-0.39, 0.29) is 11.8 Å². The molecule has 2 amide bonds. The van der Waals surface area contributed by atoms with Gasteiger partial charge in [-0.25, -0.2) is 9.98 Å². The van der Waals surface area contributed by atoms with Crippen molar-refractivity contribution >= 4 is 79.8 Å². The Hall–Kier alpha value is -8.06. The minimum absolute atomic E-state index is 0.0629. The van der Waals surface area contributed by atoms with Crippen LogP contribution < -0.4 is 46.7 Å². The maximum atomic E-state index is 13.0. The second-order valence-corrected chi connectivity index (χ2v) is 23.5. The van der Waals surface area contributed by atoms with Crippen molar-refractivity contribution in [1.29, 1.82) is 0 Å². The molecule has 12 heteroatoms. The number of para-hydroxylation sites is 2.